The second kappa shape index (κ2) is 9.39. The average molecular weight is 330 g/mol. The van der Waals surface area contributed by atoms with Crippen LogP contribution in [-0.4, -0.2) is 18.9 Å². The lowest BCUT2D eigenvalue weighted by Gasteiger charge is -2.07. The Morgan fingerprint density at radius 1 is 1.04 bits per heavy atom. The van der Waals surface area contributed by atoms with Gasteiger partial charge in [-0.05, 0) is 36.2 Å². The van der Waals surface area contributed by atoms with E-state index in [1.54, 1.807) is 25.5 Å². The molecule has 24 heavy (non-hydrogen) atoms. The summed E-state index contributed by atoms with van der Waals surface area (Å²) >= 11 is 0. The third kappa shape index (κ3) is 6.16. The van der Waals surface area contributed by atoms with E-state index in [1.165, 1.54) is 0 Å². The largest absolute Gasteiger partial charge is 0.497 e. The molecular formula is C18H22N2O4. The molecule has 1 aromatic carbocycles. The molecule has 0 fully saturated rings. The molecule has 0 bridgehead atoms. The molecule has 0 spiro atoms. The van der Waals surface area contributed by atoms with Crippen molar-refractivity contribution in [2.45, 2.75) is 32.4 Å². The van der Waals surface area contributed by atoms with Gasteiger partial charge >= 0.3 is 0 Å². The molecule has 2 N–H and O–H groups in total. The minimum absolute atomic E-state index is 0.0725. The van der Waals surface area contributed by atoms with Gasteiger partial charge in [-0.15, -0.1) is 0 Å². The highest BCUT2D eigenvalue weighted by molar-refractivity contribution is 5.78. The van der Waals surface area contributed by atoms with Gasteiger partial charge in [0.25, 0.3) is 0 Å². The van der Waals surface area contributed by atoms with Gasteiger partial charge in [-0.1, -0.05) is 12.1 Å². The number of carbonyl (C=O) groups excluding carboxylic acids is 2. The maximum Gasteiger partial charge on any atom is 0.220 e. The Morgan fingerprint density at radius 3 is 2.46 bits per heavy atom. The molecule has 0 saturated heterocycles. The smallest absolute Gasteiger partial charge is 0.220 e. The first kappa shape index (κ1) is 17.6. The molecule has 6 nitrogen and oxygen atoms in total. The Balaban J connectivity index is 1.59. The fourth-order valence-corrected chi connectivity index (χ4v) is 2.17. The SMILES string of the molecule is COc1cccc(CNC(=O)CCCC(=O)NCc2ccco2)c1. The van der Waals surface area contributed by atoms with Crippen LogP contribution in [0.2, 0.25) is 0 Å². The van der Waals surface area contributed by atoms with Crippen LogP contribution in [0.4, 0.5) is 0 Å². The minimum Gasteiger partial charge on any atom is -0.497 e. The molecular weight excluding hydrogens is 308 g/mol. The molecule has 2 aromatic rings. The van der Waals surface area contributed by atoms with E-state index in [2.05, 4.69) is 10.6 Å². The number of ether oxygens (including phenoxy) is 1. The van der Waals surface area contributed by atoms with Crippen LogP contribution in [0.25, 0.3) is 0 Å². The van der Waals surface area contributed by atoms with Crippen LogP contribution < -0.4 is 15.4 Å². The van der Waals surface area contributed by atoms with Gasteiger partial charge in [-0.25, -0.2) is 0 Å². The molecule has 6 heteroatoms. The molecule has 1 aromatic heterocycles. The first-order valence-corrected chi connectivity index (χ1v) is 7.86. The summed E-state index contributed by atoms with van der Waals surface area (Å²) in [6, 6.07) is 11.1. The van der Waals surface area contributed by atoms with E-state index < -0.39 is 0 Å². The van der Waals surface area contributed by atoms with Crippen molar-refractivity contribution in [1.82, 2.24) is 10.6 Å². The lowest BCUT2D eigenvalue weighted by molar-refractivity contribution is -0.122. The number of hydrogen-bond acceptors (Lipinski definition) is 4. The van der Waals surface area contributed by atoms with Crippen LogP contribution in [0.15, 0.2) is 47.1 Å². The van der Waals surface area contributed by atoms with E-state index >= 15 is 0 Å². The summed E-state index contributed by atoms with van der Waals surface area (Å²) in [5, 5.41) is 5.59. The Bertz CT molecular complexity index is 653. The van der Waals surface area contributed by atoms with Crippen molar-refractivity contribution in [1.29, 1.82) is 0 Å². The molecule has 0 aliphatic rings. The van der Waals surface area contributed by atoms with Crippen LogP contribution in [0, 0.1) is 0 Å². The molecule has 1 heterocycles. The summed E-state index contributed by atoms with van der Waals surface area (Å²) in [5.41, 5.74) is 0.971. The van der Waals surface area contributed by atoms with Crippen LogP contribution in [-0.2, 0) is 22.7 Å². The Morgan fingerprint density at radius 2 is 1.79 bits per heavy atom. The number of methoxy groups -OCH3 is 1. The number of hydrogen-bond donors (Lipinski definition) is 2. The lowest BCUT2D eigenvalue weighted by atomic mass is 10.2. The molecule has 2 amide bonds. The third-order valence-corrected chi connectivity index (χ3v) is 3.47. The Hall–Kier alpha value is -2.76. The van der Waals surface area contributed by atoms with Crippen molar-refractivity contribution in [2.24, 2.45) is 0 Å². The van der Waals surface area contributed by atoms with Gasteiger partial charge in [0.2, 0.25) is 11.8 Å². The van der Waals surface area contributed by atoms with Crippen molar-refractivity contribution in [3.05, 3.63) is 54.0 Å². The van der Waals surface area contributed by atoms with Crippen molar-refractivity contribution < 1.29 is 18.7 Å². The summed E-state index contributed by atoms with van der Waals surface area (Å²) in [4.78, 5) is 23.5. The topological polar surface area (TPSA) is 80.6 Å². The highest BCUT2D eigenvalue weighted by Crippen LogP contribution is 2.12. The maximum absolute atomic E-state index is 11.8. The highest BCUT2D eigenvalue weighted by atomic mass is 16.5. The number of furan rings is 1. The van der Waals surface area contributed by atoms with Crippen molar-refractivity contribution in [2.75, 3.05) is 7.11 Å². The zero-order chi connectivity index (χ0) is 17.2. The van der Waals surface area contributed by atoms with E-state index in [1.807, 2.05) is 24.3 Å². The van der Waals surface area contributed by atoms with E-state index in [0.717, 1.165) is 11.3 Å². The molecule has 0 radical (unpaired) electrons. The molecule has 0 saturated carbocycles. The summed E-state index contributed by atoms with van der Waals surface area (Å²) in [5.74, 6) is 1.30. The van der Waals surface area contributed by atoms with Crippen LogP contribution in [0.1, 0.15) is 30.6 Å². The van der Waals surface area contributed by atoms with Gasteiger partial charge < -0.3 is 19.8 Å². The van der Waals surface area contributed by atoms with Crippen LogP contribution in [0.3, 0.4) is 0 Å². The van der Waals surface area contributed by atoms with E-state index in [0.29, 0.717) is 38.1 Å². The average Bonchev–Trinajstić information content (AvgIpc) is 3.12. The van der Waals surface area contributed by atoms with Gasteiger partial charge in [0, 0.05) is 19.4 Å². The predicted octanol–water partition coefficient (Wildman–Crippen LogP) is 2.39. The number of benzene rings is 1. The predicted molar refractivity (Wildman–Crippen MR) is 89.2 cm³/mol. The summed E-state index contributed by atoms with van der Waals surface area (Å²) in [6.07, 6.45) is 2.70. The molecule has 0 atom stereocenters. The van der Waals surface area contributed by atoms with Gasteiger partial charge in [0.15, 0.2) is 0 Å². The van der Waals surface area contributed by atoms with Crippen LogP contribution >= 0.6 is 0 Å². The Kier molecular flexibility index (Phi) is 6.89. The van der Waals surface area contributed by atoms with Gasteiger partial charge in [-0.2, -0.15) is 0 Å². The number of nitrogens with one attached hydrogen (secondary N) is 2. The monoisotopic (exact) mass is 330 g/mol. The van der Waals surface area contributed by atoms with Gasteiger partial charge in [-0.3, -0.25) is 9.59 Å². The quantitative estimate of drug-likeness (QED) is 0.740. The summed E-state index contributed by atoms with van der Waals surface area (Å²) in [6.45, 7) is 0.814. The van der Waals surface area contributed by atoms with Crippen molar-refractivity contribution in [3.8, 4) is 5.75 Å². The van der Waals surface area contributed by atoms with Gasteiger partial charge in [0.05, 0.1) is 19.9 Å². The highest BCUT2D eigenvalue weighted by Gasteiger charge is 2.06. The number of rotatable bonds is 9. The standard InChI is InChI=1S/C18H22N2O4/c1-23-15-6-2-5-14(11-15)12-19-17(21)8-3-9-18(22)20-13-16-7-4-10-24-16/h2,4-7,10-11H,3,8-9,12-13H2,1H3,(H,19,21)(H,20,22). The second-order valence-corrected chi connectivity index (χ2v) is 5.34. The van der Waals surface area contributed by atoms with E-state index in [-0.39, 0.29) is 11.8 Å². The van der Waals surface area contributed by atoms with E-state index in [4.69, 9.17) is 9.15 Å². The molecule has 128 valence electrons. The van der Waals surface area contributed by atoms with Crippen molar-refractivity contribution in [3.63, 3.8) is 0 Å². The second-order valence-electron chi connectivity index (χ2n) is 5.34. The van der Waals surface area contributed by atoms with Crippen LogP contribution in [0.5, 0.6) is 5.75 Å². The summed E-state index contributed by atoms with van der Waals surface area (Å²) in [7, 11) is 1.61. The number of carbonyl (C=O) groups is 2. The molecule has 0 unspecified atom stereocenters. The van der Waals surface area contributed by atoms with Gasteiger partial charge in [0.1, 0.15) is 11.5 Å². The molecule has 2 rings (SSSR count). The van der Waals surface area contributed by atoms with E-state index in [9.17, 15) is 9.59 Å². The minimum atomic E-state index is -0.0907. The third-order valence-electron chi connectivity index (χ3n) is 3.47. The molecule has 0 aliphatic heterocycles. The first-order chi connectivity index (χ1) is 11.7. The normalized spacial score (nSPS) is 10.2. The Labute approximate surface area is 141 Å². The first-order valence-electron chi connectivity index (χ1n) is 7.86. The zero-order valence-corrected chi connectivity index (χ0v) is 13.7. The van der Waals surface area contributed by atoms with Crippen molar-refractivity contribution >= 4 is 11.8 Å². The maximum atomic E-state index is 11.8. The number of amides is 2. The zero-order valence-electron chi connectivity index (χ0n) is 13.7. The lowest BCUT2D eigenvalue weighted by Crippen LogP contribution is -2.25. The molecule has 0 aliphatic carbocycles. The fraction of sp³-hybridized carbons (Fsp3) is 0.333. The fourth-order valence-electron chi connectivity index (χ4n) is 2.17. The summed E-state index contributed by atoms with van der Waals surface area (Å²) < 4.78 is 10.3.